The molecule has 0 radical (unpaired) electrons. The van der Waals surface area contributed by atoms with Gasteiger partial charge in [0.05, 0.1) is 11.3 Å². The number of rotatable bonds is 3. The zero-order chi connectivity index (χ0) is 13.9. The fraction of sp³-hybridized carbons (Fsp3) is 0.867. The van der Waals surface area contributed by atoms with Crippen molar-refractivity contribution in [2.75, 3.05) is 0 Å². The fourth-order valence-electron chi connectivity index (χ4n) is 3.94. The van der Waals surface area contributed by atoms with Gasteiger partial charge in [-0.05, 0) is 32.6 Å². The molecule has 3 fully saturated rings. The van der Waals surface area contributed by atoms with Crippen LogP contribution in [0.15, 0.2) is 0 Å². The van der Waals surface area contributed by atoms with Gasteiger partial charge in [0.1, 0.15) is 12.2 Å². The molecule has 4 nitrogen and oxygen atoms in total. The molecule has 0 aromatic rings. The molecule has 3 aliphatic rings. The van der Waals surface area contributed by atoms with Crippen LogP contribution in [-0.4, -0.2) is 24.1 Å². The van der Waals surface area contributed by atoms with Crippen molar-refractivity contribution in [1.82, 2.24) is 0 Å². The summed E-state index contributed by atoms with van der Waals surface area (Å²) in [6.07, 6.45) is 1.16. The van der Waals surface area contributed by atoms with Gasteiger partial charge in [-0.1, -0.05) is 13.8 Å². The fourth-order valence-corrected chi connectivity index (χ4v) is 3.94. The first-order valence-electron chi connectivity index (χ1n) is 7.28. The highest BCUT2D eigenvalue weighted by Crippen LogP contribution is 2.58. The summed E-state index contributed by atoms with van der Waals surface area (Å²) in [7, 11) is 0. The summed E-state index contributed by atoms with van der Waals surface area (Å²) in [6.45, 7) is 7.93. The van der Waals surface area contributed by atoms with Crippen LogP contribution in [0.25, 0.3) is 0 Å². The SMILES string of the molecule is CCC(C)(C)C(=O)OC1C2OC(=O)C3CC1[C@H](C)C32. The van der Waals surface area contributed by atoms with Gasteiger partial charge < -0.3 is 9.47 Å². The minimum absolute atomic E-state index is 0.0548. The van der Waals surface area contributed by atoms with Gasteiger partial charge in [-0.2, -0.15) is 0 Å². The van der Waals surface area contributed by atoms with Crippen LogP contribution >= 0.6 is 0 Å². The van der Waals surface area contributed by atoms with Crippen LogP contribution in [0, 0.1) is 29.1 Å². The van der Waals surface area contributed by atoms with E-state index in [1.165, 1.54) is 0 Å². The summed E-state index contributed by atoms with van der Waals surface area (Å²) in [4.78, 5) is 24.0. The van der Waals surface area contributed by atoms with Crippen LogP contribution in [0.4, 0.5) is 0 Å². The average molecular weight is 266 g/mol. The highest BCUT2D eigenvalue weighted by molar-refractivity contribution is 5.78. The normalized spacial score (nSPS) is 43.5. The molecule has 4 heteroatoms. The maximum atomic E-state index is 12.2. The molecule has 2 saturated carbocycles. The van der Waals surface area contributed by atoms with E-state index in [1.54, 1.807) is 0 Å². The van der Waals surface area contributed by atoms with Crippen molar-refractivity contribution in [3.8, 4) is 0 Å². The predicted octanol–water partition coefficient (Wildman–Crippen LogP) is 2.16. The Morgan fingerprint density at radius 1 is 1.47 bits per heavy atom. The molecule has 0 amide bonds. The quantitative estimate of drug-likeness (QED) is 0.735. The van der Waals surface area contributed by atoms with Crippen molar-refractivity contribution in [2.24, 2.45) is 29.1 Å². The first-order chi connectivity index (χ1) is 8.86. The Hall–Kier alpha value is -1.06. The lowest BCUT2D eigenvalue weighted by atomic mass is 9.87. The molecule has 0 aromatic heterocycles. The van der Waals surface area contributed by atoms with Crippen molar-refractivity contribution in [2.45, 2.75) is 52.7 Å². The Kier molecular flexibility index (Phi) is 2.70. The topological polar surface area (TPSA) is 52.6 Å². The number of carbonyl (C=O) groups excluding carboxylic acids is 2. The Morgan fingerprint density at radius 3 is 2.79 bits per heavy atom. The number of carbonyl (C=O) groups is 2. The summed E-state index contributed by atoms with van der Waals surface area (Å²) in [5.74, 6) is 0.781. The Balaban J connectivity index is 1.78. The molecular formula is C15H22O4. The van der Waals surface area contributed by atoms with E-state index in [0.717, 1.165) is 12.8 Å². The average Bonchev–Trinajstić information content (AvgIpc) is 2.90. The van der Waals surface area contributed by atoms with Gasteiger partial charge in [0, 0.05) is 11.8 Å². The Bertz CT molecular complexity index is 428. The molecule has 1 saturated heterocycles. The van der Waals surface area contributed by atoms with Gasteiger partial charge in [0.25, 0.3) is 0 Å². The minimum atomic E-state index is -0.465. The molecule has 5 unspecified atom stereocenters. The number of esters is 2. The Morgan fingerprint density at radius 2 is 2.16 bits per heavy atom. The van der Waals surface area contributed by atoms with E-state index in [0.29, 0.717) is 11.8 Å². The molecule has 2 aliphatic carbocycles. The summed E-state index contributed by atoms with van der Waals surface area (Å²) >= 11 is 0. The highest BCUT2D eigenvalue weighted by atomic mass is 16.6. The maximum Gasteiger partial charge on any atom is 0.311 e. The van der Waals surface area contributed by atoms with Crippen LogP contribution in [0.1, 0.15) is 40.5 Å². The van der Waals surface area contributed by atoms with Crippen LogP contribution < -0.4 is 0 Å². The second kappa shape index (κ2) is 3.97. The number of hydrogen-bond donors (Lipinski definition) is 0. The Labute approximate surface area is 113 Å². The summed E-state index contributed by atoms with van der Waals surface area (Å²) in [6, 6.07) is 0. The lowest BCUT2D eigenvalue weighted by Crippen LogP contribution is -2.39. The summed E-state index contributed by atoms with van der Waals surface area (Å²) in [5, 5.41) is 0. The monoisotopic (exact) mass is 266 g/mol. The largest absolute Gasteiger partial charge is 0.458 e. The van der Waals surface area contributed by atoms with Crippen molar-refractivity contribution in [3.05, 3.63) is 0 Å². The smallest absolute Gasteiger partial charge is 0.311 e. The molecule has 0 aromatic carbocycles. The second-order valence-electron chi connectivity index (χ2n) is 6.95. The molecule has 19 heavy (non-hydrogen) atoms. The maximum absolute atomic E-state index is 12.2. The van der Waals surface area contributed by atoms with Crippen molar-refractivity contribution in [1.29, 1.82) is 0 Å². The standard InChI is InChI=1S/C15H22O4/c1-5-15(3,4)14(17)19-11-8-6-9-10(7(8)2)12(11)18-13(9)16/h7-12H,5-6H2,1-4H3/t7-,8?,9?,10?,11?,12?/m0/s1. The lowest BCUT2D eigenvalue weighted by Gasteiger charge is -2.29. The first kappa shape index (κ1) is 12.9. The van der Waals surface area contributed by atoms with Crippen LogP contribution in [0.5, 0.6) is 0 Å². The van der Waals surface area contributed by atoms with Crippen molar-refractivity contribution < 1.29 is 19.1 Å². The zero-order valence-electron chi connectivity index (χ0n) is 12.0. The molecule has 3 rings (SSSR count). The van der Waals surface area contributed by atoms with E-state index < -0.39 is 5.41 Å². The molecule has 106 valence electrons. The minimum Gasteiger partial charge on any atom is -0.458 e. The van der Waals surface area contributed by atoms with Crippen LogP contribution in [0.3, 0.4) is 0 Å². The van der Waals surface area contributed by atoms with E-state index >= 15 is 0 Å². The number of fused-ring (bicyclic) bond motifs is 1. The molecule has 1 heterocycles. The highest BCUT2D eigenvalue weighted by Gasteiger charge is 2.67. The molecule has 1 aliphatic heterocycles. The molecule has 0 N–H and O–H groups in total. The van der Waals surface area contributed by atoms with E-state index in [9.17, 15) is 9.59 Å². The van der Waals surface area contributed by atoms with Crippen LogP contribution in [0.2, 0.25) is 0 Å². The van der Waals surface area contributed by atoms with Gasteiger partial charge >= 0.3 is 11.9 Å². The van der Waals surface area contributed by atoms with Gasteiger partial charge in [0.15, 0.2) is 0 Å². The van der Waals surface area contributed by atoms with Gasteiger partial charge in [-0.25, -0.2) is 0 Å². The number of hydrogen-bond acceptors (Lipinski definition) is 4. The van der Waals surface area contributed by atoms with E-state index in [4.69, 9.17) is 9.47 Å². The third kappa shape index (κ3) is 1.65. The summed E-state index contributed by atoms with van der Waals surface area (Å²) in [5.41, 5.74) is -0.465. The van der Waals surface area contributed by atoms with E-state index in [1.807, 2.05) is 20.8 Å². The van der Waals surface area contributed by atoms with Gasteiger partial charge in [-0.3, -0.25) is 9.59 Å². The lowest BCUT2D eigenvalue weighted by molar-refractivity contribution is -0.170. The van der Waals surface area contributed by atoms with E-state index in [2.05, 4.69) is 6.92 Å². The number of ether oxygens (including phenoxy) is 2. The second-order valence-corrected chi connectivity index (χ2v) is 6.95. The van der Waals surface area contributed by atoms with E-state index in [-0.39, 0.29) is 36.0 Å². The summed E-state index contributed by atoms with van der Waals surface area (Å²) < 4.78 is 11.2. The first-order valence-corrected chi connectivity index (χ1v) is 7.28. The third-order valence-electron chi connectivity index (χ3n) is 5.63. The van der Waals surface area contributed by atoms with Gasteiger partial charge in [0.2, 0.25) is 0 Å². The zero-order valence-corrected chi connectivity index (χ0v) is 12.0. The molecule has 2 bridgehead atoms. The third-order valence-corrected chi connectivity index (χ3v) is 5.63. The molecular weight excluding hydrogens is 244 g/mol. The molecule has 6 atom stereocenters. The van der Waals surface area contributed by atoms with Crippen LogP contribution in [-0.2, 0) is 19.1 Å². The molecule has 0 spiro atoms. The van der Waals surface area contributed by atoms with Gasteiger partial charge in [-0.15, -0.1) is 0 Å². The van der Waals surface area contributed by atoms with Crippen molar-refractivity contribution in [3.63, 3.8) is 0 Å². The van der Waals surface area contributed by atoms with Crippen molar-refractivity contribution >= 4 is 11.9 Å². The predicted molar refractivity (Wildman–Crippen MR) is 68.1 cm³/mol.